The molecular formula is C23H21F4NO4. The highest BCUT2D eigenvalue weighted by molar-refractivity contribution is 5.88. The second-order valence-electron chi connectivity index (χ2n) is 7.38. The van der Waals surface area contributed by atoms with Gasteiger partial charge in [0.2, 0.25) is 0 Å². The minimum absolute atomic E-state index is 0.00876. The number of aromatic nitrogens is 1. The molecule has 0 aliphatic carbocycles. The maximum atomic E-state index is 14.1. The molecule has 0 unspecified atom stereocenters. The number of fused-ring (bicyclic) bond motifs is 1. The molecule has 0 N–H and O–H groups in total. The summed E-state index contributed by atoms with van der Waals surface area (Å²) in [6.45, 7) is 1.70. The van der Waals surface area contributed by atoms with Gasteiger partial charge in [0.1, 0.15) is 5.82 Å². The monoisotopic (exact) mass is 451 g/mol. The van der Waals surface area contributed by atoms with Gasteiger partial charge in [-0.2, -0.15) is 17.9 Å². The first-order valence-corrected chi connectivity index (χ1v) is 9.77. The van der Waals surface area contributed by atoms with E-state index in [-0.39, 0.29) is 17.4 Å². The molecule has 0 saturated heterocycles. The van der Waals surface area contributed by atoms with Crippen LogP contribution in [-0.4, -0.2) is 17.8 Å². The van der Waals surface area contributed by atoms with Crippen LogP contribution in [0.4, 0.5) is 17.6 Å². The molecule has 0 radical (unpaired) electrons. The molecule has 0 aliphatic rings. The fourth-order valence-corrected chi connectivity index (χ4v) is 3.46. The fraction of sp³-hybridized carbons (Fsp3) is 0.304. The highest BCUT2D eigenvalue weighted by Gasteiger charge is 2.31. The molecule has 0 saturated carbocycles. The van der Waals surface area contributed by atoms with Crippen LogP contribution in [0.5, 0.6) is 0 Å². The Labute approximate surface area is 180 Å². The zero-order chi connectivity index (χ0) is 23.6. The van der Waals surface area contributed by atoms with E-state index in [0.29, 0.717) is 41.2 Å². The lowest BCUT2D eigenvalue weighted by Crippen LogP contribution is -2.09. The van der Waals surface area contributed by atoms with E-state index >= 15 is 0 Å². The SMILES string of the molecule is COC(=O)CCCC=C(c1cc(F)cc(C(F)(F)F)c1)c1cc(C)c2on(C)c(=O)c2c1. The highest BCUT2D eigenvalue weighted by atomic mass is 19.4. The third-order valence-corrected chi connectivity index (χ3v) is 5.03. The van der Waals surface area contributed by atoms with E-state index in [1.54, 1.807) is 19.1 Å². The van der Waals surface area contributed by atoms with Gasteiger partial charge in [0, 0.05) is 13.5 Å². The Morgan fingerprint density at radius 3 is 2.50 bits per heavy atom. The third kappa shape index (κ3) is 4.92. The summed E-state index contributed by atoms with van der Waals surface area (Å²) >= 11 is 0. The zero-order valence-electron chi connectivity index (χ0n) is 17.7. The van der Waals surface area contributed by atoms with Crippen molar-refractivity contribution in [2.45, 2.75) is 32.4 Å². The summed E-state index contributed by atoms with van der Waals surface area (Å²) in [4.78, 5) is 23.8. The molecule has 0 aliphatic heterocycles. The van der Waals surface area contributed by atoms with Crippen molar-refractivity contribution in [3.63, 3.8) is 0 Å². The number of aryl methyl sites for hydroxylation is 2. The number of allylic oxidation sites excluding steroid dienone is 1. The van der Waals surface area contributed by atoms with Crippen molar-refractivity contribution in [3.05, 3.63) is 74.8 Å². The molecule has 170 valence electrons. The predicted octanol–water partition coefficient (Wildman–Crippen LogP) is 5.37. The van der Waals surface area contributed by atoms with Gasteiger partial charge in [-0.05, 0) is 72.4 Å². The molecule has 9 heteroatoms. The van der Waals surface area contributed by atoms with Crippen LogP contribution in [-0.2, 0) is 22.8 Å². The standard InChI is InChI=1S/C23H21F4NO4/c1-13-8-14(11-19-21(13)32-28(2)22(19)30)18(6-4-5-7-20(29)31-3)15-9-16(23(25,26)27)12-17(24)10-15/h6,8-12H,4-5,7H2,1-3H3. The molecule has 0 amide bonds. The van der Waals surface area contributed by atoms with E-state index < -0.39 is 29.1 Å². The van der Waals surface area contributed by atoms with Gasteiger partial charge < -0.3 is 9.26 Å². The molecule has 1 aromatic heterocycles. The molecule has 0 bridgehead atoms. The number of ether oxygens (including phenoxy) is 1. The van der Waals surface area contributed by atoms with E-state index in [2.05, 4.69) is 4.74 Å². The first-order valence-electron chi connectivity index (χ1n) is 9.77. The first-order chi connectivity index (χ1) is 15.0. The molecule has 0 atom stereocenters. The summed E-state index contributed by atoms with van der Waals surface area (Å²) in [5.41, 5.74) is 0.202. The number of hydrogen-bond donors (Lipinski definition) is 0. The summed E-state index contributed by atoms with van der Waals surface area (Å²) in [7, 11) is 2.71. The van der Waals surface area contributed by atoms with E-state index in [4.69, 9.17) is 4.52 Å². The quantitative estimate of drug-likeness (QED) is 0.287. The Bertz CT molecular complexity index is 1250. The number of halogens is 4. The summed E-state index contributed by atoms with van der Waals surface area (Å²) in [5.74, 6) is -1.45. The second kappa shape index (κ2) is 9.02. The molecule has 1 heterocycles. The van der Waals surface area contributed by atoms with Gasteiger partial charge in [-0.1, -0.05) is 6.08 Å². The van der Waals surface area contributed by atoms with E-state index in [9.17, 15) is 27.2 Å². The van der Waals surface area contributed by atoms with Gasteiger partial charge in [-0.15, -0.1) is 0 Å². The minimum atomic E-state index is -4.73. The summed E-state index contributed by atoms with van der Waals surface area (Å²) in [6.07, 6.45) is -2.27. The lowest BCUT2D eigenvalue weighted by Gasteiger charge is -2.14. The van der Waals surface area contributed by atoms with Crippen LogP contribution in [0.3, 0.4) is 0 Å². The number of carbonyl (C=O) groups excluding carboxylic acids is 1. The average Bonchev–Trinajstić information content (AvgIpc) is 3.01. The number of nitrogens with zero attached hydrogens (tertiary/aromatic N) is 1. The Hall–Kier alpha value is -3.36. The van der Waals surface area contributed by atoms with Gasteiger partial charge in [0.25, 0.3) is 5.56 Å². The van der Waals surface area contributed by atoms with Crippen molar-refractivity contribution >= 4 is 22.5 Å². The average molecular weight is 451 g/mol. The van der Waals surface area contributed by atoms with E-state index in [0.717, 1.165) is 16.9 Å². The number of methoxy groups -OCH3 is 1. The maximum Gasteiger partial charge on any atom is 0.416 e. The van der Waals surface area contributed by atoms with Gasteiger partial charge in [-0.3, -0.25) is 9.59 Å². The minimum Gasteiger partial charge on any atom is -0.469 e. The Kier molecular flexibility index (Phi) is 6.57. The number of benzene rings is 2. The Morgan fingerprint density at radius 1 is 1.16 bits per heavy atom. The zero-order valence-corrected chi connectivity index (χ0v) is 17.7. The molecule has 32 heavy (non-hydrogen) atoms. The number of alkyl halides is 3. The molecule has 3 aromatic rings. The van der Waals surface area contributed by atoms with Crippen LogP contribution in [0.1, 0.15) is 41.5 Å². The number of carbonyl (C=O) groups is 1. The molecule has 3 rings (SSSR count). The van der Waals surface area contributed by atoms with E-state index in [1.807, 2.05) is 0 Å². The van der Waals surface area contributed by atoms with Crippen molar-refractivity contribution in [3.8, 4) is 0 Å². The highest BCUT2D eigenvalue weighted by Crippen LogP contribution is 2.35. The largest absolute Gasteiger partial charge is 0.469 e. The predicted molar refractivity (Wildman–Crippen MR) is 111 cm³/mol. The van der Waals surface area contributed by atoms with Crippen molar-refractivity contribution in [1.29, 1.82) is 0 Å². The first kappa shape index (κ1) is 23.3. The number of unbranched alkanes of at least 4 members (excludes halogenated alkanes) is 1. The smallest absolute Gasteiger partial charge is 0.416 e. The summed E-state index contributed by atoms with van der Waals surface area (Å²) in [6, 6.07) is 5.48. The van der Waals surface area contributed by atoms with Crippen LogP contribution >= 0.6 is 0 Å². The Balaban J connectivity index is 2.15. The third-order valence-electron chi connectivity index (χ3n) is 5.03. The van der Waals surface area contributed by atoms with Crippen molar-refractivity contribution in [2.75, 3.05) is 7.11 Å². The normalized spacial score (nSPS) is 12.4. The number of esters is 1. The van der Waals surface area contributed by atoms with Crippen LogP contribution in [0.15, 0.2) is 45.7 Å². The second-order valence-corrected chi connectivity index (χ2v) is 7.38. The Morgan fingerprint density at radius 2 is 1.84 bits per heavy atom. The molecular weight excluding hydrogens is 430 g/mol. The van der Waals surface area contributed by atoms with Crippen LogP contribution in [0.25, 0.3) is 16.5 Å². The number of rotatable bonds is 6. The van der Waals surface area contributed by atoms with Crippen LogP contribution in [0, 0.1) is 12.7 Å². The lowest BCUT2D eigenvalue weighted by atomic mass is 9.93. The van der Waals surface area contributed by atoms with Crippen LogP contribution < -0.4 is 5.56 Å². The van der Waals surface area contributed by atoms with Crippen molar-refractivity contribution < 1.29 is 31.6 Å². The van der Waals surface area contributed by atoms with Gasteiger partial charge in [0.05, 0.1) is 18.1 Å². The molecule has 5 nitrogen and oxygen atoms in total. The molecule has 0 fully saturated rings. The fourth-order valence-electron chi connectivity index (χ4n) is 3.46. The van der Waals surface area contributed by atoms with E-state index in [1.165, 1.54) is 20.2 Å². The summed E-state index contributed by atoms with van der Waals surface area (Å²) < 4.78 is 65.0. The topological polar surface area (TPSA) is 61.4 Å². The molecule has 0 spiro atoms. The number of hydrogen-bond acceptors (Lipinski definition) is 4. The summed E-state index contributed by atoms with van der Waals surface area (Å²) in [5, 5.41) is 0.260. The van der Waals surface area contributed by atoms with Gasteiger partial charge >= 0.3 is 12.1 Å². The van der Waals surface area contributed by atoms with Crippen molar-refractivity contribution in [1.82, 2.24) is 4.74 Å². The lowest BCUT2D eigenvalue weighted by molar-refractivity contribution is -0.140. The maximum absolute atomic E-state index is 14.1. The molecule has 2 aromatic carbocycles. The van der Waals surface area contributed by atoms with Gasteiger partial charge in [-0.25, -0.2) is 4.39 Å². The van der Waals surface area contributed by atoms with Crippen LogP contribution in [0.2, 0.25) is 0 Å². The van der Waals surface area contributed by atoms with Gasteiger partial charge in [0.15, 0.2) is 5.58 Å². The van der Waals surface area contributed by atoms with Crippen molar-refractivity contribution in [2.24, 2.45) is 7.05 Å².